The molecule has 1 aromatic heterocycles. The minimum atomic E-state index is -0.517. The molecule has 0 aliphatic carbocycles. The predicted octanol–water partition coefficient (Wildman–Crippen LogP) is 2.13. The number of aromatic nitrogens is 1. The van der Waals surface area contributed by atoms with Gasteiger partial charge in [0.05, 0.1) is 7.11 Å². The Morgan fingerprint density at radius 2 is 2.07 bits per heavy atom. The molecular formula is C9H13ClN2O2. The SMILES string of the molecule is CC.COC(=O)c1ccc(Cl)nc1N. The number of nitrogen functional groups attached to an aromatic ring is 1. The van der Waals surface area contributed by atoms with Crippen molar-refractivity contribution in [3.63, 3.8) is 0 Å². The van der Waals surface area contributed by atoms with E-state index in [2.05, 4.69) is 9.72 Å². The molecule has 0 saturated carbocycles. The number of anilines is 1. The third-order valence-electron chi connectivity index (χ3n) is 1.30. The number of methoxy groups -OCH3 is 1. The number of nitrogens with zero attached hydrogens (tertiary/aromatic N) is 1. The Kier molecular flexibility index (Phi) is 5.64. The molecule has 78 valence electrons. The topological polar surface area (TPSA) is 65.2 Å². The molecule has 1 heterocycles. The zero-order valence-electron chi connectivity index (χ0n) is 8.37. The summed E-state index contributed by atoms with van der Waals surface area (Å²) in [4.78, 5) is 14.6. The third-order valence-corrected chi connectivity index (χ3v) is 1.51. The fraction of sp³-hybridized carbons (Fsp3) is 0.333. The van der Waals surface area contributed by atoms with Gasteiger partial charge in [-0.25, -0.2) is 9.78 Å². The molecule has 0 atom stereocenters. The van der Waals surface area contributed by atoms with Crippen molar-refractivity contribution in [2.75, 3.05) is 12.8 Å². The van der Waals surface area contributed by atoms with Crippen LogP contribution in [0.3, 0.4) is 0 Å². The van der Waals surface area contributed by atoms with E-state index in [0.29, 0.717) is 0 Å². The number of ether oxygens (including phenoxy) is 1. The lowest BCUT2D eigenvalue weighted by molar-refractivity contribution is 0.0601. The van der Waals surface area contributed by atoms with Gasteiger partial charge in [0.2, 0.25) is 0 Å². The first-order valence-corrected chi connectivity index (χ1v) is 4.53. The number of esters is 1. The maximum Gasteiger partial charge on any atom is 0.341 e. The zero-order valence-corrected chi connectivity index (χ0v) is 9.13. The fourth-order valence-electron chi connectivity index (χ4n) is 0.733. The maximum atomic E-state index is 11.0. The van der Waals surface area contributed by atoms with Crippen molar-refractivity contribution < 1.29 is 9.53 Å². The van der Waals surface area contributed by atoms with Crippen LogP contribution in [0.1, 0.15) is 24.2 Å². The third kappa shape index (κ3) is 3.22. The van der Waals surface area contributed by atoms with Crippen LogP contribution < -0.4 is 5.73 Å². The molecular weight excluding hydrogens is 204 g/mol. The molecule has 5 heteroatoms. The second-order valence-corrected chi connectivity index (χ2v) is 2.45. The van der Waals surface area contributed by atoms with Gasteiger partial charge in [0.15, 0.2) is 0 Å². The van der Waals surface area contributed by atoms with Gasteiger partial charge in [-0.1, -0.05) is 25.4 Å². The molecule has 0 aliphatic heterocycles. The van der Waals surface area contributed by atoms with Crippen LogP contribution in [-0.4, -0.2) is 18.1 Å². The van der Waals surface area contributed by atoms with Crippen molar-refractivity contribution in [3.8, 4) is 0 Å². The molecule has 0 aliphatic rings. The number of halogens is 1. The molecule has 4 nitrogen and oxygen atoms in total. The summed E-state index contributed by atoms with van der Waals surface area (Å²) < 4.78 is 4.45. The predicted molar refractivity (Wildman–Crippen MR) is 56.3 cm³/mol. The molecule has 0 radical (unpaired) electrons. The standard InChI is InChI=1S/C7H7ClN2O2.C2H6/c1-12-7(11)4-2-3-5(8)10-6(4)9;1-2/h2-3H,1H3,(H2,9,10);1-2H3. The van der Waals surface area contributed by atoms with Gasteiger partial charge in [-0.2, -0.15) is 0 Å². The van der Waals surface area contributed by atoms with Gasteiger partial charge in [-0.05, 0) is 12.1 Å². The van der Waals surface area contributed by atoms with Gasteiger partial charge >= 0.3 is 5.97 Å². The van der Waals surface area contributed by atoms with Crippen molar-refractivity contribution >= 4 is 23.4 Å². The van der Waals surface area contributed by atoms with E-state index in [1.807, 2.05) is 13.8 Å². The summed E-state index contributed by atoms with van der Waals surface area (Å²) in [7, 11) is 1.27. The second-order valence-electron chi connectivity index (χ2n) is 2.06. The average molecular weight is 217 g/mol. The molecule has 1 rings (SSSR count). The largest absolute Gasteiger partial charge is 0.465 e. The number of hydrogen-bond acceptors (Lipinski definition) is 4. The summed E-state index contributed by atoms with van der Waals surface area (Å²) >= 11 is 5.52. The number of carbonyl (C=O) groups excluding carboxylic acids is 1. The Morgan fingerprint density at radius 1 is 1.50 bits per heavy atom. The Labute approximate surface area is 88.0 Å². The van der Waals surface area contributed by atoms with Gasteiger partial charge in [0, 0.05) is 0 Å². The van der Waals surface area contributed by atoms with Gasteiger partial charge in [0.25, 0.3) is 0 Å². The first-order valence-electron chi connectivity index (χ1n) is 4.15. The van der Waals surface area contributed by atoms with Crippen LogP contribution >= 0.6 is 11.6 Å². The molecule has 0 unspecified atom stereocenters. The molecule has 0 saturated heterocycles. The van der Waals surface area contributed by atoms with E-state index in [0.717, 1.165) is 0 Å². The summed E-state index contributed by atoms with van der Waals surface area (Å²) in [5, 5.41) is 0.250. The van der Waals surface area contributed by atoms with E-state index in [-0.39, 0.29) is 16.5 Å². The number of hydrogen-bond donors (Lipinski definition) is 1. The Morgan fingerprint density at radius 3 is 2.50 bits per heavy atom. The van der Waals surface area contributed by atoms with Crippen molar-refractivity contribution in [1.82, 2.24) is 4.98 Å². The molecule has 14 heavy (non-hydrogen) atoms. The lowest BCUT2D eigenvalue weighted by Gasteiger charge is -2.01. The molecule has 0 amide bonds. The first kappa shape index (κ1) is 12.7. The molecule has 0 aromatic carbocycles. The van der Waals surface area contributed by atoms with Crippen molar-refractivity contribution in [2.24, 2.45) is 0 Å². The highest BCUT2D eigenvalue weighted by Crippen LogP contribution is 2.13. The van der Waals surface area contributed by atoms with E-state index in [1.165, 1.54) is 19.2 Å². The summed E-state index contributed by atoms with van der Waals surface area (Å²) in [6.45, 7) is 4.00. The molecule has 0 spiro atoms. The minimum absolute atomic E-state index is 0.0781. The van der Waals surface area contributed by atoms with Crippen LogP contribution in [0.5, 0.6) is 0 Å². The van der Waals surface area contributed by atoms with Crippen molar-refractivity contribution in [1.29, 1.82) is 0 Å². The average Bonchev–Trinajstić information content (AvgIpc) is 2.20. The van der Waals surface area contributed by atoms with Gasteiger partial charge in [-0.15, -0.1) is 0 Å². The van der Waals surface area contributed by atoms with E-state index >= 15 is 0 Å². The lowest BCUT2D eigenvalue weighted by atomic mass is 10.2. The van der Waals surface area contributed by atoms with Crippen LogP contribution in [0.25, 0.3) is 0 Å². The first-order chi connectivity index (χ1) is 6.65. The molecule has 2 N–H and O–H groups in total. The number of carbonyl (C=O) groups is 1. The van der Waals surface area contributed by atoms with Gasteiger partial charge in [0.1, 0.15) is 16.5 Å². The number of rotatable bonds is 1. The van der Waals surface area contributed by atoms with Crippen LogP contribution in [0, 0.1) is 0 Å². The number of nitrogens with two attached hydrogens (primary N) is 1. The van der Waals surface area contributed by atoms with Gasteiger partial charge in [-0.3, -0.25) is 0 Å². The number of pyridine rings is 1. The van der Waals surface area contributed by atoms with Crippen LogP contribution in [0.2, 0.25) is 5.15 Å². The summed E-state index contributed by atoms with van der Waals surface area (Å²) in [5.41, 5.74) is 5.63. The summed E-state index contributed by atoms with van der Waals surface area (Å²) in [6, 6.07) is 2.95. The van der Waals surface area contributed by atoms with E-state index in [9.17, 15) is 4.79 Å². The quantitative estimate of drug-likeness (QED) is 0.577. The smallest absolute Gasteiger partial charge is 0.341 e. The highest BCUT2D eigenvalue weighted by Gasteiger charge is 2.10. The zero-order chi connectivity index (χ0) is 11.1. The minimum Gasteiger partial charge on any atom is -0.465 e. The van der Waals surface area contributed by atoms with E-state index in [4.69, 9.17) is 17.3 Å². The highest BCUT2D eigenvalue weighted by molar-refractivity contribution is 6.29. The monoisotopic (exact) mass is 216 g/mol. The van der Waals surface area contributed by atoms with E-state index < -0.39 is 5.97 Å². The Balaban J connectivity index is 0.000000791. The normalized spacial score (nSPS) is 8.57. The highest BCUT2D eigenvalue weighted by atomic mass is 35.5. The van der Waals surface area contributed by atoms with Gasteiger partial charge < -0.3 is 10.5 Å². The Hall–Kier alpha value is -1.29. The second kappa shape index (κ2) is 6.21. The lowest BCUT2D eigenvalue weighted by Crippen LogP contribution is -2.06. The maximum absolute atomic E-state index is 11.0. The summed E-state index contributed by atoms with van der Waals surface area (Å²) in [6.07, 6.45) is 0. The van der Waals surface area contributed by atoms with Crippen LogP contribution in [-0.2, 0) is 4.74 Å². The van der Waals surface area contributed by atoms with Crippen molar-refractivity contribution in [2.45, 2.75) is 13.8 Å². The van der Waals surface area contributed by atoms with Crippen LogP contribution in [0.15, 0.2) is 12.1 Å². The molecule has 0 bridgehead atoms. The molecule has 1 aromatic rings. The van der Waals surface area contributed by atoms with Crippen LogP contribution in [0.4, 0.5) is 5.82 Å². The Bertz CT molecular complexity index is 316. The van der Waals surface area contributed by atoms with Crippen molar-refractivity contribution in [3.05, 3.63) is 22.8 Å². The molecule has 0 fully saturated rings. The van der Waals surface area contributed by atoms with E-state index in [1.54, 1.807) is 0 Å². The fourth-order valence-corrected chi connectivity index (χ4v) is 0.887. The summed E-state index contributed by atoms with van der Waals surface area (Å²) in [5.74, 6) is -0.439.